The first-order valence-electron chi connectivity index (χ1n) is 6.36. The van der Waals surface area contributed by atoms with E-state index in [1.54, 1.807) is 0 Å². The van der Waals surface area contributed by atoms with Crippen LogP contribution >= 0.6 is 0 Å². The molecule has 0 radical (unpaired) electrons. The van der Waals surface area contributed by atoms with Crippen molar-refractivity contribution in [3.8, 4) is 0 Å². The summed E-state index contributed by atoms with van der Waals surface area (Å²) in [5.41, 5.74) is 4.80. The zero-order chi connectivity index (χ0) is 12.4. The second-order valence-corrected chi connectivity index (χ2v) is 4.78. The van der Waals surface area contributed by atoms with Gasteiger partial charge in [0.2, 0.25) is 0 Å². The Morgan fingerprint density at radius 2 is 1.71 bits per heavy atom. The van der Waals surface area contributed by atoms with Gasteiger partial charge in [-0.15, -0.1) is 0 Å². The molecule has 0 aliphatic carbocycles. The molecule has 0 saturated carbocycles. The average Bonchev–Trinajstić information content (AvgIpc) is 2.29. The standard InChI is InChI=1S/C15H20N2/c1-5-6-7-15-16-12(4)13-8-10(2)11(3)9-14(13)17-15/h8-9H,5-7H2,1-4H3. The molecule has 0 aliphatic heterocycles. The van der Waals surface area contributed by atoms with E-state index < -0.39 is 0 Å². The predicted octanol–water partition coefficient (Wildman–Crippen LogP) is 3.90. The monoisotopic (exact) mass is 228 g/mol. The summed E-state index contributed by atoms with van der Waals surface area (Å²) in [7, 11) is 0. The number of aromatic nitrogens is 2. The lowest BCUT2D eigenvalue weighted by Gasteiger charge is -2.08. The summed E-state index contributed by atoms with van der Waals surface area (Å²) >= 11 is 0. The zero-order valence-corrected chi connectivity index (χ0v) is 11.2. The Kier molecular flexibility index (Phi) is 3.41. The highest BCUT2D eigenvalue weighted by Crippen LogP contribution is 2.20. The van der Waals surface area contributed by atoms with E-state index in [2.05, 4.69) is 49.8 Å². The van der Waals surface area contributed by atoms with Crippen molar-refractivity contribution in [2.24, 2.45) is 0 Å². The van der Waals surface area contributed by atoms with Crippen molar-refractivity contribution in [3.63, 3.8) is 0 Å². The van der Waals surface area contributed by atoms with E-state index in [-0.39, 0.29) is 0 Å². The summed E-state index contributed by atoms with van der Waals surface area (Å²) in [5.74, 6) is 0.986. The summed E-state index contributed by atoms with van der Waals surface area (Å²) in [4.78, 5) is 9.26. The van der Waals surface area contributed by atoms with Crippen molar-refractivity contribution < 1.29 is 0 Å². The average molecular weight is 228 g/mol. The highest BCUT2D eigenvalue weighted by Gasteiger charge is 2.06. The first-order valence-corrected chi connectivity index (χ1v) is 6.36. The van der Waals surface area contributed by atoms with Gasteiger partial charge < -0.3 is 0 Å². The molecular weight excluding hydrogens is 208 g/mol. The van der Waals surface area contributed by atoms with Crippen molar-refractivity contribution in [2.75, 3.05) is 0 Å². The van der Waals surface area contributed by atoms with Gasteiger partial charge in [-0.1, -0.05) is 13.3 Å². The molecule has 0 bridgehead atoms. The molecular formula is C15H20N2. The fraction of sp³-hybridized carbons (Fsp3) is 0.467. The van der Waals surface area contributed by atoms with Gasteiger partial charge in [0.25, 0.3) is 0 Å². The molecule has 90 valence electrons. The largest absolute Gasteiger partial charge is 0.238 e. The van der Waals surface area contributed by atoms with Crippen molar-refractivity contribution in [3.05, 3.63) is 34.8 Å². The number of benzene rings is 1. The van der Waals surface area contributed by atoms with Gasteiger partial charge in [0.05, 0.1) is 5.52 Å². The first-order chi connectivity index (χ1) is 8.11. The normalized spacial score (nSPS) is 11.1. The van der Waals surface area contributed by atoms with Crippen LogP contribution in [-0.2, 0) is 6.42 Å². The molecule has 2 heteroatoms. The second kappa shape index (κ2) is 4.82. The van der Waals surface area contributed by atoms with Gasteiger partial charge in [0.1, 0.15) is 5.82 Å². The van der Waals surface area contributed by atoms with Gasteiger partial charge in [0.15, 0.2) is 0 Å². The van der Waals surface area contributed by atoms with Crippen LogP contribution in [0.4, 0.5) is 0 Å². The van der Waals surface area contributed by atoms with Gasteiger partial charge in [-0.2, -0.15) is 0 Å². The van der Waals surface area contributed by atoms with Crippen LogP contribution in [-0.4, -0.2) is 9.97 Å². The molecule has 0 atom stereocenters. The molecule has 17 heavy (non-hydrogen) atoms. The maximum Gasteiger partial charge on any atom is 0.129 e. The van der Waals surface area contributed by atoms with E-state index in [4.69, 9.17) is 0 Å². The van der Waals surface area contributed by atoms with Crippen molar-refractivity contribution in [1.29, 1.82) is 0 Å². The molecule has 2 rings (SSSR count). The maximum atomic E-state index is 4.66. The predicted molar refractivity (Wildman–Crippen MR) is 72.4 cm³/mol. The Morgan fingerprint density at radius 1 is 1.00 bits per heavy atom. The maximum absolute atomic E-state index is 4.66. The molecule has 1 heterocycles. The lowest BCUT2D eigenvalue weighted by Crippen LogP contribution is -1.99. The van der Waals surface area contributed by atoms with E-state index >= 15 is 0 Å². The highest BCUT2D eigenvalue weighted by molar-refractivity contribution is 5.82. The molecule has 2 aromatic rings. The molecule has 0 unspecified atom stereocenters. The van der Waals surface area contributed by atoms with Crippen LogP contribution < -0.4 is 0 Å². The fourth-order valence-corrected chi connectivity index (χ4v) is 2.05. The minimum atomic E-state index is 0.986. The summed E-state index contributed by atoms with van der Waals surface area (Å²) in [5, 5.41) is 1.19. The number of aryl methyl sites for hydroxylation is 4. The molecule has 2 nitrogen and oxygen atoms in total. The third kappa shape index (κ3) is 2.46. The molecule has 0 aliphatic rings. The number of nitrogens with zero attached hydrogens (tertiary/aromatic N) is 2. The lowest BCUT2D eigenvalue weighted by molar-refractivity contribution is 0.753. The molecule has 0 N–H and O–H groups in total. The Balaban J connectivity index is 2.53. The highest BCUT2D eigenvalue weighted by atomic mass is 14.9. The van der Waals surface area contributed by atoms with Gasteiger partial charge in [-0.25, -0.2) is 9.97 Å². The van der Waals surface area contributed by atoms with Gasteiger partial charge in [-0.05, 0) is 50.5 Å². The summed E-state index contributed by atoms with van der Waals surface area (Å²) in [6, 6.07) is 4.37. The molecule has 0 amide bonds. The van der Waals surface area contributed by atoms with Crippen LogP contribution in [0, 0.1) is 20.8 Å². The lowest BCUT2D eigenvalue weighted by atomic mass is 10.1. The minimum absolute atomic E-state index is 0.986. The molecule has 1 aromatic heterocycles. The number of hydrogen-bond acceptors (Lipinski definition) is 2. The summed E-state index contributed by atoms with van der Waals surface area (Å²) < 4.78 is 0. The van der Waals surface area contributed by atoms with Crippen LogP contribution in [0.1, 0.15) is 42.4 Å². The number of rotatable bonds is 3. The Bertz CT molecular complexity index is 544. The van der Waals surface area contributed by atoms with Gasteiger partial charge in [0, 0.05) is 17.5 Å². The fourth-order valence-electron chi connectivity index (χ4n) is 2.05. The molecule has 0 fully saturated rings. The Morgan fingerprint density at radius 3 is 2.41 bits per heavy atom. The molecule has 0 spiro atoms. The quantitative estimate of drug-likeness (QED) is 0.796. The molecule has 0 saturated heterocycles. The number of hydrogen-bond donors (Lipinski definition) is 0. The van der Waals surface area contributed by atoms with Crippen LogP contribution in [0.25, 0.3) is 10.9 Å². The van der Waals surface area contributed by atoms with E-state index in [0.29, 0.717) is 0 Å². The third-order valence-electron chi connectivity index (χ3n) is 3.30. The summed E-state index contributed by atoms with van der Waals surface area (Å²) in [6.07, 6.45) is 3.34. The number of fused-ring (bicyclic) bond motifs is 1. The van der Waals surface area contributed by atoms with Crippen molar-refractivity contribution >= 4 is 10.9 Å². The topological polar surface area (TPSA) is 25.8 Å². The minimum Gasteiger partial charge on any atom is -0.238 e. The van der Waals surface area contributed by atoms with E-state index in [9.17, 15) is 0 Å². The van der Waals surface area contributed by atoms with Crippen molar-refractivity contribution in [1.82, 2.24) is 9.97 Å². The van der Waals surface area contributed by atoms with E-state index in [0.717, 1.165) is 29.9 Å². The smallest absolute Gasteiger partial charge is 0.129 e. The van der Waals surface area contributed by atoms with E-state index in [1.165, 1.54) is 22.9 Å². The Labute approximate surface area is 103 Å². The summed E-state index contributed by atoms with van der Waals surface area (Å²) in [6.45, 7) is 8.55. The molecule has 1 aromatic carbocycles. The Hall–Kier alpha value is -1.44. The SMILES string of the molecule is CCCCc1nc(C)c2cc(C)c(C)cc2n1. The van der Waals surface area contributed by atoms with E-state index in [1.807, 2.05) is 0 Å². The van der Waals surface area contributed by atoms with Crippen molar-refractivity contribution in [2.45, 2.75) is 47.0 Å². The van der Waals surface area contributed by atoms with Crippen LogP contribution in [0.15, 0.2) is 12.1 Å². The zero-order valence-electron chi connectivity index (χ0n) is 11.2. The van der Waals surface area contributed by atoms with Crippen LogP contribution in [0.3, 0.4) is 0 Å². The second-order valence-electron chi connectivity index (χ2n) is 4.78. The van der Waals surface area contributed by atoms with Crippen LogP contribution in [0.2, 0.25) is 0 Å². The number of unbranched alkanes of at least 4 members (excludes halogenated alkanes) is 1. The van der Waals surface area contributed by atoms with Gasteiger partial charge in [-0.3, -0.25) is 0 Å². The van der Waals surface area contributed by atoms with Crippen LogP contribution in [0.5, 0.6) is 0 Å². The first kappa shape index (κ1) is 12.0. The van der Waals surface area contributed by atoms with Gasteiger partial charge >= 0.3 is 0 Å². The third-order valence-corrected chi connectivity index (χ3v) is 3.30.